The van der Waals surface area contributed by atoms with Crippen LogP contribution in [0.25, 0.3) is 0 Å². The molecule has 2 heterocycles. The summed E-state index contributed by atoms with van der Waals surface area (Å²) in [7, 11) is 0. The zero-order valence-electron chi connectivity index (χ0n) is 17.8. The fourth-order valence-corrected chi connectivity index (χ4v) is 4.22. The second kappa shape index (κ2) is 12.9. The average Bonchev–Trinajstić information content (AvgIpc) is 3.15. The second-order valence-electron chi connectivity index (χ2n) is 7.24. The Balaban J connectivity index is 0.00000320. The Labute approximate surface area is 200 Å². The number of thiazole rings is 1. The number of halogens is 1. The number of hydrogen-bond donors (Lipinski definition) is 2. The Morgan fingerprint density at radius 2 is 2.07 bits per heavy atom. The van der Waals surface area contributed by atoms with Gasteiger partial charge in [0.15, 0.2) is 5.96 Å². The molecule has 0 spiro atoms. The van der Waals surface area contributed by atoms with Crippen LogP contribution in [0.5, 0.6) is 0 Å². The molecule has 0 bridgehead atoms. The van der Waals surface area contributed by atoms with Crippen molar-refractivity contribution >= 4 is 47.2 Å². The van der Waals surface area contributed by atoms with Crippen molar-refractivity contribution in [2.75, 3.05) is 26.2 Å². The Bertz CT molecular complexity index is 838. The van der Waals surface area contributed by atoms with Gasteiger partial charge in [-0.2, -0.15) is 0 Å². The summed E-state index contributed by atoms with van der Waals surface area (Å²) in [5.74, 6) is 1.03. The summed E-state index contributed by atoms with van der Waals surface area (Å²) in [6, 6.07) is 8.41. The number of aliphatic imine (C=N–C) groups is 1. The van der Waals surface area contributed by atoms with E-state index in [1.807, 2.05) is 17.2 Å². The number of guanidine groups is 1. The van der Waals surface area contributed by atoms with Gasteiger partial charge < -0.3 is 15.5 Å². The number of carbonyl (C=O) groups excluding carboxylic acids is 1. The van der Waals surface area contributed by atoms with Crippen LogP contribution >= 0.6 is 35.3 Å². The summed E-state index contributed by atoms with van der Waals surface area (Å²) in [5.41, 5.74) is 2.65. The van der Waals surface area contributed by atoms with E-state index in [2.05, 4.69) is 52.7 Å². The zero-order valence-corrected chi connectivity index (χ0v) is 21.0. The molecule has 30 heavy (non-hydrogen) atoms. The van der Waals surface area contributed by atoms with Crippen LogP contribution in [0.1, 0.15) is 40.8 Å². The minimum atomic E-state index is 0. The highest BCUT2D eigenvalue weighted by Gasteiger charge is 2.19. The standard InChI is InChI=1S/C22H31N5OS.HI/c1-3-23-22(25-13-10-20-26-15-17(2)29-20)24-12-6-9-21(28)27-14-11-18-7-4-5-8-19(18)16-27;/h4-5,7-8,15H,3,6,9-14,16H2,1-2H3,(H2,23,24,25);1H. The molecule has 1 aliphatic rings. The number of aryl methyl sites for hydroxylation is 1. The van der Waals surface area contributed by atoms with Crippen molar-refractivity contribution in [3.05, 3.63) is 51.5 Å². The number of nitrogens with zero attached hydrogens (tertiary/aromatic N) is 3. The normalized spacial score (nSPS) is 13.4. The third kappa shape index (κ3) is 7.54. The van der Waals surface area contributed by atoms with Gasteiger partial charge in [0.05, 0.1) is 5.01 Å². The molecular formula is C22H32IN5OS. The molecule has 0 radical (unpaired) electrons. The van der Waals surface area contributed by atoms with Crippen molar-refractivity contribution < 1.29 is 4.79 Å². The van der Waals surface area contributed by atoms with Gasteiger partial charge in [0, 0.05) is 56.6 Å². The molecule has 0 unspecified atom stereocenters. The molecule has 0 saturated carbocycles. The minimum Gasteiger partial charge on any atom is -0.357 e. The predicted octanol–water partition coefficient (Wildman–Crippen LogP) is 3.53. The first kappa shape index (κ1) is 24.6. The van der Waals surface area contributed by atoms with Gasteiger partial charge in [-0.1, -0.05) is 24.3 Å². The fourth-order valence-electron chi connectivity index (χ4n) is 3.43. The predicted molar refractivity (Wildman–Crippen MR) is 135 cm³/mol. The number of benzene rings is 1. The van der Waals surface area contributed by atoms with Crippen LogP contribution in [0.3, 0.4) is 0 Å². The first-order valence-electron chi connectivity index (χ1n) is 10.4. The van der Waals surface area contributed by atoms with Crippen LogP contribution in [0.4, 0.5) is 0 Å². The summed E-state index contributed by atoms with van der Waals surface area (Å²) in [6.45, 7) is 7.93. The number of carbonyl (C=O) groups is 1. The second-order valence-corrected chi connectivity index (χ2v) is 8.56. The highest BCUT2D eigenvalue weighted by atomic mass is 127. The van der Waals surface area contributed by atoms with Crippen molar-refractivity contribution in [3.8, 4) is 0 Å². The number of hydrogen-bond acceptors (Lipinski definition) is 4. The van der Waals surface area contributed by atoms with Crippen LogP contribution in [-0.2, 0) is 24.2 Å². The van der Waals surface area contributed by atoms with Gasteiger partial charge in [-0.15, -0.1) is 35.3 Å². The molecule has 8 heteroatoms. The zero-order chi connectivity index (χ0) is 20.5. The van der Waals surface area contributed by atoms with E-state index in [9.17, 15) is 4.79 Å². The maximum atomic E-state index is 12.5. The van der Waals surface area contributed by atoms with E-state index in [4.69, 9.17) is 0 Å². The van der Waals surface area contributed by atoms with Crippen molar-refractivity contribution in [2.45, 2.75) is 46.1 Å². The van der Waals surface area contributed by atoms with Gasteiger partial charge in [0.1, 0.15) is 0 Å². The summed E-state index contributed by atoms with van der Waals surface area (Å²) in [4.78, 5) is 24.8. The first-order valence-corrected chi connectivity index (χ1v) is 11.3. The molecule has 0 saturated heterocycles. The minimum absolute atomic E-state index is 0. The average molecular weight is 542 g/mol. The molecule has 0 aliphatic carbocycles. The van der Waals surface area contributed by atoms with Crippen molar-refractivity contribution in [3.63, 3.8) is 0 Å². The highest BCUT2D eigenvalue weighted by molar-refractivity contribution is 14.0. The maximum absolute atomic E-state index is 12.5. The molecule has 1 aromatic heterocycles. The molecule has 0 atom stereocenters. The third-order valence-corrected chi connectivity index (χ3v) is 5.92. The number of amides is 1. The van der Waals surface area contributed by atoms with Crippen molar-refractivity contribution in [1.82, 2.24) is 20.5 Å². The summed E-state index contributed by atoms with van der Waals surface area (Å²) in [5, 5.41) is 7.75. The molecule has 6 nitrogen and oxygen atoms in total. The van der Waals surface area contributed by atoms with Gasteiger partial charge in [0.25, 0.3) is 0 Å². The Hall–Kier alpha value is -1.68. The Kier molecular flexibility index (Phi) is 10.6. The van der Waals surface area contributed by atoms with Gasteiger partial charge >= 0.3 is 0 Å². The van der Waals surface area contributed by atoms with Crippen LogP contribution in [0, 0.1) is 6.92 Å². The van der Waals surface area contributed by atoms with Crippen LogP contribution in [0.2, 0.25) is 0 Å². The molecule has 164 valence electrons. The van der Waals surface area contributed by atoms with Gasteiger partial charge in [0.2, 0.25) is 5.91 Å². The quantitative estimate of drug-likeness (QED) is 0.232. The maximum Gasteiger partial charge on any atom is 0.222 e. The van der Waals surface area contributed by atoms with Crippen LogP contribution in [0.15, 0.2) is 35.5 Å². The molecular weight excluding hydrogens is 509 g/mol. The van der Waals surface area contributed by atoms with E-state index in [0.717, 1.165) is 56.4 Å². The Morgan fingerprint density at radius 3 is 2.80 bits per heavy atom. The molecule has 1 aliphatic heterocycles. The lowest BCUT2D eigenvalue weighted by Crippen LogP contribution is -2.38. The molecule has 2 N–H and O–H groups in total. The topological polar surface area (TPSA) is 69.6 Å². The number of nitrogens with one attached hydrogen (secondary N) is 2. The van der Waals surface area contributed by atoms with E-state index < -0.39 is 0 Å². The SMILES string of the molecule is CCNC(=NCCCC(=O)N1CCc2ccccc2C1)NCCc1ncc(C)s1.I. The van der Waals surface area contributed by atoms with E-state index >= 15 is 0 Å². The molecule has 1 aromatic carbocycles. The van der Waals surface area contributed by atoms with E-state index in [1.54, 1.807) is 11.3 Å². The molecule has 1 amide bonds. The lowest BCUT2D eigenvalue weighted by Gasteiger charge is -2.28. The highest BCUT2D eigenvalue weighted by Crippen LogP contribution is 2.19. The third-order valence-electron chi connectivity index (χ3n) is 4.95. The lowest BCUT2D eigenvalue weighted by molar-refractivity contribution is -0.132. The monoisotopic (exact) mass is 541 g/mol. The summed E-state index contributed by atoms with van der Waals surface area (Å²) in [6.07, 6.45) is 5.06. The van der Waals surface area contributed by atoms with Gasteiger partial charge in [-0.3, -0.25) is 9.79 Å². The molecule has 3 rings (SSSR count). The largest absolute Gasteiger partial charge is 0.357 e. The van der Waals surface area contributed by atoms with E-state index in [-0.39, 0.29) is 29.9 Å². The van der Waals surface area contributed by atoms with E-state index in [1.165, 1.54) is 16.0 Å². The van der Waals surface area contributed by atoms with E-state index in [0.29, 0.717) is 13.0 Å². The number of aromatic nitrogens is 1. The first-order chi connectivity index (χ1) is 14.2. The lowest BCUT2D eigenvalue weighted by atomic mass is 9.99. The number of rotatable bonds is 8. The van der Waals surface area contributed by atoms with Gasteiger partial charge in [-0.25, -0.2) is 4.98 Å². The van der Waals surface area contributed by atoms with Crippen molar-refractivity contribution in [1.29, 1.82) is 0 Å². The van der Waals surface area contributed by atoms with Crippen LogP contribution in [-0.4, -0.2) is 47.9 Å². The number of fused-ring (bicyclic) bond motifs is 1. The fraction of sp³-hybridized carbons (Fsp3) is 0.500. The van der Waals surface area contributed by atoms with Crippen LogP contribution < -0.4 is 10.6 Å². The molecule has 2 aromatic rings. The smallest absolute Gasteiger partial charge is 0.222 e. The van der Waals surface area contributed by atoms with Gasteiger partial charge in [-0.05, 0) is 37.8 Å². The van der Waals surface area contributed by atoms with Crippen molar-refractivity contribution in [2.24, 2.45) is 4.99 Å². The summed E-state index contributed by atoms with van der Waals surface area (Å²) >= 11 is 1.73. The Morgan fingerprint density at radius 1 is 1.27 bits per heavy atom. The molecule has 0 fully saturated rings. The summed E-state index contributed by atoms with van der Waals surface area (Å²) < 4.78 is 0.